The molecule has 1 heteroatoms. The van der Waals surface area contributed by atoms with Gasteiger partial charge in [-0.25, -0.2) is 4.98 Å². The van der Waals surface area contributed by atoms with Crippen LogP contribution in [0.1, 0.15) is 0 Å². The van der Waals surface area contributed by atoms with E-state index in [-0.39, 0.29) is 0 Å². The van der Waals surface area contributed by atoms with Gasteiger partial charge in [0.2, 0.25) is 0 Å². The summed E-state index contributed by atoms with van der Waals surface area (Å²) in [6.45, 7) is 0. The second kappa shape index (κ2) is 7.13. The second-order valence-corrected chi connectivity index (χ2v) is 6.85. The van der Waals surface area contributed by atoms with E-state index in [9.17, 15) is 0 Å². The minimum Gasteiger partial charge on any atom is -0.248 e. The van der Waals surface area contributed by atoms with Gasteiger partial charge in [-0.15, -0.1) is 0 Å². The lowest BCUT2D eigenvalue weighted by Gasteiger charge is -2.14. The van der Waals surface area contributed by atoms with Crippen LogP contribution >= 0.6 is 0 Å². The molecule has 1 nitrogen and oxygen atoms in total. The Bertz CT molecular complexity index is 1230. The molecular formula is C27H19N. The molecule has 0 N–H and O–H groups in total. The zero-order valence-corrected chi connectivity index (χ0v) is 15.4. The van der Waals surface area contributed by atoms with Crippen LogP contribution in [0.3, 0.4) is 0 Å². The SMILES string of the molecule is c1ccc(-c2ccc3c(-c4ccccc4)c(-c4ccccc4)ccc3n2)cc1. The molecule has 0 aliphatic rings. The molecule has 0 unspecified atom stereocenters. The molecule has 0 radical (unpaired) electrons. The molecule has 5 aromatic rings. The van der Waals surface area contributed by atoms with Crippen molar-refractivity contribution in [2.45, 2.75) is 0 Å². The standard InChI is InChI=1S/C27H19N/c1-4-10-20(11-5-1)23-16-19-26-24(27(23)22-14-8-3-9-15-22)17-18-25(28-26)21-12-6-2-7-13-21/h1-19H. The van der Waals surface area contributed by atoms with Crippen LogP contribution in [0.15, 0.2) is 115 Å². The molecule has 4 aromatic carbocycles. The first kappa shape index (κ1) is 16.5. The van der Waals surface area contributed by atoms with E-state index in [0.29, 0.717) is 0 Å². The fraction of sp³-hybridized carbons (Fsp3) is 0. The van der Waals surface area contributed by atoms with Gasteiger partial charge in [-0.2, -0.15) is 0 Å². The lowest BCUT2D eigenvalue weighted by atomic mass is 9.91. The first-order valence-corrected chi connectivity index (χ1v) is 9.50. The van der Waals surface area contributed by atoms with E-state index < -0.39 is 0 Å². The van der Waals surface area contributed by atoms with Crippen molar-refractivity contribution in [1.29, 1.82) is 0 Å². The van der Waals surface area contributed by atoms with Crippen molar-refractivity contribution in [3.8, 4) is 33.5 Å². The van der Waals surface area contributed by atoms with Crippen molar-refractivity contribution < 1.29 is 0 Å². The smallest absolute Gasteiger partial charge is 0.0716 e. The number of aromatic nitrogens is 1. The van der Waals surface area contributed by atoms with Crippen molar-refractivity contribution in [3.05, 3.63) is 115 Å². The van der Waals surface area contributed by atoms with Gasteiger partial charge in [-0.05, 0) is 40.5 Å². The third-order valence-electron chi connectivity index (χ3n) is 5.09. The van der Waals surface area contributed by atoms with Gasteiger partial charge in [-0.3, -0.25) is 0 Å². The van der Waals surface area contributed by atoms with E-state index >= 15 is 0 Å². The van der Waals surface area contributed by atoms with Gasteiger partial charge in [0.1, 0.15) is 0 Å². The third-order valence-corrected chi connectivity index (χ3v) is 5.09. The Hall–Kier alpha value is -3.71. The summed E-state index contributed by atoms with van der Waals surface area (Å²) in [5, 5.41) is 1.17. The van der Waals surface area contributed by atoms with E-state index in [1.165, 1.54) is 27.6 Å². The summed E-state index contributed by atoms with van der Waals surface area (Å²) >= 11 is 0. The van der Waals surface area contributed by atoms with Crippen LogP contribution in [0, 0.1) is 0 Å². The van der Waals surface area contributed by atoms with Crippen LogP contribution in [-0.4, -0.2) is 4.98 Å². The van der Waals surface area contributed by atoms with Gasteiger partial charge in [-0.1, -0.05) is 97.1 Å². The molecule has 132 valence electrons. The molecule has 0 saturated heterocycles. The van der Waals surface area contributed by atoms with Crippen molar-refractivity contribution in [3.63, 3.8) is 0 Å². The topological polar surface area (TPSA) is 12.9 Å². The van der Waals surface area contributed by atoms with Crippen molar-refractivity contribution in [2.75, 3.05) is 0 Å². The Kier molecular flexibility index (Phi) is 4.19. The number of hydrogen-bond donors (Lipinski definition) is 0. The fourth-order valence-electron chi connectivity index (χ4n) is 3.75. The largest absolute Gasteiger partial charge is 0.248 e. The predicted octanol–water partition coefficient (Wildman–Crippen LogP) is 7.24. The Morgan fingerprint density at radius 1 is 0.429 bits per heavy atom. The summed E-state index contributed by atoms with van der Waals surface area (Å²) in [6.07, 6.45) is 0. The molecule has 0 saturated carbocycles. The maximum atomic E-state index is 4.97. The minimum absolute atomic E-state index is 1.000. The molecule has 0 aliphatic heterocycles. The normalized spacial score (nSPS) is 10.9. The lowest BCUT2D eigenvalue weighted by Crippen LogP contribution is -1.91. The van der Waals surface area contributed by atoms with E-state index in [1.807, 2.05) is 6.07 Å². The highest BCUT2D eigenvalue weighted by Crippen LogP contribution is 2.38. The first-order chi connectivity index (χ1) is 13.9. The number of pyridine rings is 1. The van der Waals surface area contributed by atoms with Crippen molar-refractivity contribution in [1.82, 2.24) is 4.98 Å². The summed E-state index contributed by atoms with van der Waals surface area (Å²) in [7, 11) is 0. The number of nitrogens with zero attached hydrogens (tertiary/aromatic N) is 1. The highest BCUT2D eigenvalue weighted by Gasteiger charge is 2.13. The summed E-state index contributed by atoms with van der Waals surface area (Å²) in [5.74, 6) is 0. The van der Waals surface area contributed by atoms with E-state index in [1.54, 1.807) is 0 Å². The molecule has 0 aliphatic carbocycles. The van der Waals surface area contributed by atoms with Gasteiger partial charge < -0.3 is 0 Å². The molecule has 1 aromatic heterocycles. The Morgan fingerprint density at radius 2 is 1.00 bits per heavy atom. The highest BCUT2D eigenvalue weighted by molar-refractivity contribution is 6.03. The van der Waals surface area contributed by atoms with Crippen LogP contribution in [0.4, 0.5) is 0 Å². The summed E-state index contributed by atoms with van der Waals surface area (Å²) in [4.78, 5) is 4.97. The zero-order valence-electron chi connectivity index (χ0n) is 15.4. The molecule has 0 fully saturated rings. The van der Waals surface area contributed by atoms with Crippen LogP contribution in [0.5, 0.6) is 0 Å². The van der Waals surface area contributed by atoms with Gasteiger partial charge >= 0.3 is 0 Å². The van der Waals surface area contributed by atoms with Crippen molar-refractivity contribution >= 4 is 10.9 Å². The predicted molar refractivity (Wildman–Crippen MR) is 118 cm³/mol. The highest BCUT2D eigenvalue weighted by atomic mass is 14.7. The Morgan fingerprint density at radius 3 is 1.64 bits per heavy atom. The third kappa shape index (κ3) is 2.97. The summed E-state index contributed by atoms with van der Waals surface area (Å²) < 4.78 is 0. The molecule has 1 heterocycles. The molecular weight excluding hydrogens is 338 g/mol. The molecule has 0 amide bonds. The average molecular weight is 357 g/mol. The molecule has 0 spiro atoms. The quantitative estimate of drug-likeness (QED) is 0.332. The Labute approximate surface area is 165 Å². The maximum Gasteiger partial charge on any atom is 0.0716 e. The molecule has 28 heavy (non-hydrogen) atoms. The van der Waals surface area contributed by atoms with Gasteiger partial charge in [0.25, 0.3) is 0 Å². The minimum atomic E-state index is 1.000. The van der Waals surface area contributed by atoms with Crippen LogP contribution in [0.25, 0.3) is 44.4 Å². The van der Waals surface area contributed by atoms with E-state index in [4.69, 9.17) is 4.98 Å². The van der Waals surface area contributed by atoms with Crippen LogP contribution in [-0.2, 0) is 0 Å². The molecule has 0 bridgehead atoms. The number of benzene rings is 4. The summed E-state index contributed by atoms with van der Waals surface area (Å²) in [6, 6.07) is 40.2. The zero-order chi connectivity index (χ0) is 18.8. The second-order valence-electron chi connectivity index (χ2n) is 6.85. The van der Waals surface area contributed by atoms with E-state index in [2.05, 4.69) is 109 Å². The monoisotopic (exact) mass is 357 g/mol. The van der Waals surface area contributed by atoms with Crippen molar-refractivity contribution in [2.24, 2.45) is 0 Å². The molecule has 5 rings (SSSR count). The maximum absolute atomic E-state index is 4.97. The Balaban J connectivity index is 1.78. The van der Waals surface area contributed by atoms with Crippen LogP contribution in [0.2, 0.25) is 0 Å². The summed E-state index contributed by atoms with van der Waals surface area (Å²) in [5.41, 5.74) is 8.04. The van der Waals surface area contributed by atoms with Gasteiger partial charge in [0.05, 0.1) is 11.2 Å². The fourth-order valence-corrected chi connectivity index (χ4v) is 3.75. The van der Waals surface area contributed by atoms with Gasteiger partial charge in [0.15, 0.2) is 0 Å². The first-order valence-electron chi connectivity index (χ1n) is 9.50. The number of hydrogen-bond acceptors (Lipinski definition) is 1. The van der Waals surface area contributed by atoms with Gasteiger partial charge in [0, 0.05) is 10.9 Å². The average Bonchev–Trinajstić information content (AvgIpc) is 2.79. The van der Waals surface area contributed by atoms with E-state index in [0.717, 1.165) is 16.8 Å². The lowest BCUT2D eigenvalue weighted by molar-refractivity contribution is 1.40. The van der Waals surface area contributed by atoms with Crippen LogP contribution < -0.4 is 0 Å². The number of fused-ring (bicyclic) bond motifs is 1. The molecule has 0 atom stereocenters. The number of rotatable bonds is 3.